The third-order valence-corrected chi connectivity index (χ3v) is 4.75. The zero-order valence-electron chi connectivity index (χ0n) is 11.2. The van der Waals surface area contributed by atoms with E-state index >= 15 is 0 Å². The summed E-state index contributed by atoms with van der Waals surface area (Å²) < 4.78 is 13.4. The molecule has 0 spiro atoms. The fourth-order valence-electron chi connectivity index (χ4n) is 2.31. The molecule has 0 aliphatic rings. The number of H-pyrrole nitrogens is 1. The monoisotopic (exact) mass is 320 g/mol. The summed E-state index contributed by atoms with van der Waals surface area (Å²) in [7, 11) is 0. The van der Waals surface area contributed by atoms with Gasteiger partial charge in [-0.15, -0.1) is 0 Å². The second kappa shape index (κ2) is 6.10. The van der Waals surface area contributed by atoms with Crippen molar-refractivity contribution in [1.29, 1.82) is 0 Å². The van der Waals surface area contributed by atoms with Crippen LogP contribution in [-0.4, -0.2) is 11.5 Å². The van der Waals surface area contributed by atoms with Crippen LogP contribution in [0.3, 0.4) is 0 Å². The normalized spacial score (nSPS) is 11.2. The average molecular weight is 321 g/mol. The first kappa shape index (κ1) is 14.4. The summed E-state index contributed by atoms with van der Waals surface area (Å²) in [6, 6.07) is 10.6. The molecular weight excluding hydrogens is 307 g/mol. The molecule has 0 atom stereocenters. The Morgan fingerprint density at radius 3 is 2.86 bits per heavy atom. The van der Waals surface area contributed by atoms with Crippen LogP contribution < -0.4 is 5.73 Å². The van der Waals surface area contributed by atoms with Gasteiger partial charge < -0.3 is 10.7 Å². The van der Waals surface area contributed by atoms with E-state index in [9.17, 15) is 4.39 Å². The van der Waals surface area contributed by atoms with Crippen LogP contribution in [0.25, 0.3) is 10.9 Å². The van der Waals surface area contributed by atoms with E-state index in [1.807, 2.05) is 24.4 Å². The molecule has 0 aliphatic heterocycles. The van der Waals surface area contributed by atoms with Crippen LogP contribution in [-0.2, 0) is 6.42 Å². The molecule has 108 valence electrons. The molecule has 2 nitrogen and oxygen atoms in total. The Hall–Kier alpha value is -1.49. The highest BCUT2D eigenvalue weighted by Gasteiger charge is 2.11. The maximum atomic E-state index is 13.4. The number of aromatic nitrogens is 1. The summed E-state index contributed by atoms with van der Waals surface area (Å²) in [6.07, 6.45) is 2.58. The van der Waals surface area contributed by atoms with Crippen molar-refractivity contribution < 1.29 is 4.39 Å². The van der Waals surface area contributed by atoms with Crippen molar-refractivity contribution >= 4 is 34.3 Å². The van der Waals surface area contributed by atoms with Crippen molar-refractivity contribution in [2.24, 2.45) is 5.73 Å². The van der Waals surface area contributed by atoms with Crippen molar-refractivity contribution in [2.75, 3.05) is 6.54 Å². The van der Waals surface area contributed by atoms with E-state index in [1.165, 1.54) is 6.07 Å². The lowest BCUT2D eigenvalue weighted by molar-refractivity contribution is 0.623. The fourth-order valence-corrected chi connectivity index (χ4v) is 3.75. The van der Waals surface area contributed by atoms with Crippen LogP contribution in [0.4, 0.5) is 4.39 Å². The number of rotatable bonds is 4. The summed E-state index contributed by atoms with van der Waals surface area (Å²) in [5.74, 6) is -0.236. The van der Waals surface area contributed by atoms with Crippen molar-refractivity contribution in [3.8, 4) is 0 Å². The highest BCUT2D eigenvalue weighted by molar-refractivity contribution is 7.99. The van der Waals surface area contributed by atoms with Gasteiger partial charge in [0, 0.05) is 26.9 Å². The van der Waals surface area contributed by atoms with Gasteiger partial charge in [-0.1, -0.05) is 29.4 Å². The summed E-state index contributed by atoms with van der Waals surface area (Å²) in [6.45, 7) is 0.492. The van der Waals surface area contributed by atoms with Gasteiger partial charge in [-0.25, -0.2) is 4.39 Å². The van der Waals surface area contributed by atoms with E-state index in [0.717, 1.165) is 26.3 Å². The van der Waals surface area contributed by atoms with Gasteiger partial charge in [0.25, 0.3) is 0 Å². The minimum atomic E-state index is -0.236. The summed E-state index contributed by atoms with van der Waals surface area (Å²) in [5.41, 5.74) is 7.52. The zero-order chi connectivity index (χ0) is 14.8. The molecule has 3 rings (SSSR count). The molecule has 3 N–H and O–H groups in total. The smallest absolute Gasteiger partial charge is 0.123 e. The first-order valence-corrected chi connectivity index (χ1v) is 7.80. The van der Waals surface area contributed by atoms with Gasteiger partial charge in [0.1, 0.15) is 5.82 Å². The second-order valence-electron chi connectivity index (χ2n) is 4.71. The molecule has 21 heavy (non-hydrogen) atoms. The molecule has 0 aliphatic carbocycles. The van der Waals surface area contributed by atoms with Crippen LogP contribution in [0.2, 0.25) is 5.02 Å². The molecule has 0 bridgehead atoms. The van der Waals surface area contributed by atoms with Crippen molar-refractivity contribution in [3.63, 3.8) is 0 Å². The molecule has 0 amide bonds. The lowest BCUT2D eigenvalue weighted by Gasteiger charge is -2.08. The van der Waals surface area contributed by atoms with Gasteiger partial charge >= 0.3 is 0 Å². The Balaban J connectivity index is 2.03. The second-order valence-corrected chi connectivity index (χ2v) is 6.20. The Morgan fingerprint density at radius 1 is 1.19 bits per heavy atom. The molecule has 0 saturated carbocycles. The summed E-state index contributed by atoms with van der Waals surface area (Å²) in [4.78, 5) is 5.24. The Bertz CT molecular complexity index is 785. The SMILES string of the molecule is NCCc1cc(F)ccc1Sc1c[nH]c2cccc(Cl)c12. The molecular formula is C16H14ClFN2S. The molecule has 1 aromatic heterocycles. The molecule has 0 fully saturated rings. The van der Waals surface area contributed by atoms with Gasteiger partial charge in [0.05, 0.1) is 5.02 Å². The highest BCUT2D eigenvalue weighted by atomic mass is 35.5. The predicted octanol–water partition coefficient (Wildman–Crippen LogP) is 4.61. The number of fused-ring (bicyclic) bond motifs is 1. The standard InChI is InChI=1S/C16H14ClFN2S/c17-12-2-1-3-13-16(12)15(9-20-13)21-14-5-4-11(18)8-10(14)6-7-19/h1-5,8-9,20H,6-7,19H2. The number of aromatic amines is 1. The summed E-state index contributed by atoms with van der Waals surface area (Å²) in [5, 5.41) is 1.70. The van der Waals surface area contributed by atoms with Gasteiger partial charge in [-0.2, -0.15) is 0 Å². The number of nitrogens with one attached hydrogen (secondary N) is 1. The molecule has 2 aromatic carbocycles. The number of benzene rings is 2. The Labute approximate surface area is 131 Å². The van der Waals surface area contributed by atoms with Gasteiger partial charge in [-0.3, -0.25) is 0 Å². The van der Waals surface area contributed by atoms with Crippen molar-refractivity contribution in [3.05, 3.63) is 59.0 Å². The number of hydrogen-bond donors (Lipinski definition) is 2. The number of nitrogens with two attached hydrogens (primary N) is 1. The topological polar surface area (TPSA) is 41.8 Å². The van der Waals surface area contributed by atoms with E-state index in [-0.39, 0.29) is 5.82 Å². The Morgan fingerprint density at radius 2 is 2.05 bits per heavy atom. The van der Waals surface area contributed by atoms with Crippen LogP contribution in [0.5, 0.6) is 0 Å². The lowest BCUT2D eigenvalue weighted by atomic mass is 10.1. The molecule has 0 saturated heterocycles. The van der Waals surface area contributed by atoms with Gasteiger partial charge in [0.15, 0.2) is 0 Å². The maximum Gasteiger partial charge on any atom is 0.123 e. The van der Waals surface area contributed by atoms with Crippen LogP contribution in [0, 0.1) is 5.82 Å². The number of halogens is 2. The third-order valence-electron chi connectivity index (χ3n) is 3.27. The van der Waals surface area contributed by atoms with Crippen LogP contribution in [0.1, 0.15) is 5.56 Å². The number of hydrogen-bond acceptors (Lipinski definition) is 2. The minimum Gasteiger partial charge on any atom is -0.360 e. The highest BCUT2D eigenvalue weighted by Crippen LogP contribution is 2.38. The fraction of sp³-hybridized carbons (Fsp3) is 0.125. The summed E-state index contributed by atoms with van der Waals surface area (Å²) >= 11 is 7.86. The van der Waals surface area contributed by atoms with Gasteiger partial charge in [-0.05, 0) is 48.9 Å². The van der Waals surface area contributed by atoms with Gasteiger partial charge in [0.2, 0.25) is 0 Å². The largest absolute Gasteiger partial charge is 0.360 e. The molecule has 5 heteroatoms. The van der Waals surface area contributed by atoms with E-state index in [2.05, 4.69) is 4.98 Å². The maximum absolute atomic E-state index is 13.4. The first-order chi connectivity index (χ1) is 10.2. The molecule has 0 unspecified atom stereocenters. The lowest BCUT2D eigenvalue weighted by Crippen LogP contribution is -2.04. The zero-order valence-corrected chi connectivity index (χ0v) is 12.8. The van der Waals surface area contributed by atoms with E-state index in [0.29, 0.717) is 18.0 Å². The third kappa shape index (κ3) is 2.93. The van der Waals surface area contributed by atoms with Crippen LogP contribution in [0.15, 0.2) is 52.4 Å². The molecule has 0 radical (unpaired) electrons. The predicted molar refractivity (Wildman–Crippen MR) is 86.6 cm³/mol. The van der Waals surface area contributed by atoms with E-state index in [4.69, 9.17) is 17.3 Å². The average Bonchev–Trinajstić information content (AvgIpc) is 2.87. The first-order valence-electron chi connectivity index (χ1n) is 6.61. The van der Waals surface area contributed by atoms with E-state index in [1.54, 1.807) is 23.9 Å². The molecule has 3 aromatic rings. The Kier molecular flexibility index (Phi) is 4.19. The van der Waals surface area contributed by atoms with E-state index < -0.39 is 0 Å². The van der Waals surface area contributed by atoms with Crippen LogP contribution >= 0.6 is 23.4 Å². The minimum absolute atomic E-state index is 0.236. The van der Waals surface area contributed by atoms with Crippen molar-refractivity contribution in [1.82, 2.24) is 4.98 Å². The quantitative estimate of drug-likeness (QED) is 0.737. The molecule has 1 heterocycles. The van der Waals surface area contributed by atoms with Crippen molar-refractivity contribution in [2.45, 2.75) is 16.2 Å².